The van der Waals surface area contributed by atoms with Crippen molar-refractivity contribution >= 4 is 5.91 Å². The molecule has 3 rings (SSSR count). The maximum atomic E-state index is 12.2. The van der Waals surface area contributed by atoms with Crippen molar-refractivity contribution in [1.82, 2.24) is 19.9 Å². The molecule has 6 heteroatoms. The molecule has 0 bridgehead atoms. The number of likely N-dealkylation sites (tertiary alicyclic amines) is 1. The number of ether oxygens (including phenoxy) is 1. The third kappa shape index (κ3) is 2.16. The van der Waals surface area contributed by atoms with Crippen LogP contribution in [-0.4, -0.2) is 46.0 Å². The SMILES string of the molecule is COc1ccc(C(=O)N2CC(n3ccnn3)C2)cc1. The maximum absolute atomic E-state index is 12.2. The Hall–Kier alpha value is -2.37. The predicted octanol–water partition coefficient (Wildman–Crippen LogP) is 0.984. The van der Waals surface area contributed by atoms with Crippen LogP contribution in [0.5, 0.6) is 5.75 Å². The second-order valence-corrected chi connectivity index (χ2v) is 4.48. The average Bonchev–Trinajstić information content (AvgIpc) is 2.91. The van der Waals surface area contributed by atoms with Crippen LogP contribution in [0.1, 0.15) is 16.4 Å². The van der Waals surface area contributed by atoms with Gasteiger partial charge >= 0.3 is 0 Å². The Kier molecular flexibility index (Phi) is 2.91. The minimum absolute atomic E-state index is 0.0408. The van der Waals surface area contributed by atoms with Gasteiger partial charge in [0.05, 0.1) is 19.3 Å². The lowest BCUT2D eigenvalue weighted by molar-refractivity contribution is 0.0498. The summed E-state index contributed by atoms with van der Waals surface area (Å²) in [6.07, 6.45) is 3.47. The van der Waals surface area contributed by atoms with E-state index in [1.165, 1.54) is 0 Å². The minimum atomic E-state index is 0.0408. The van der Waals surface area contributed by atoms with Crippen LogP contribution in [0.3, 0.4) is 0 Å². The summed E-state index contributed by atoms with van der Waals surface area (Å²) in [4.78, 5) is 14.0. The Morgan fingerprint density at radius 1 is 1.32 bits per heavy atom. The normalized spacial score (nSPS) is 15.1. The van der Waals surface area contributed by atoms with Gasteiger partial charge in [0.2, 0.25) is 0 Å². The number of carbonyl (C=O) groups excluding carboxylic acids is 1. The van der Waals surface area contributed by atoms with Gasteiger partial charge in [0.25, 0.3) is 5.91 Å². The summed E-state index contributed by atoms with van der Waals surface area (Å²) in [7, 11) is 1.61. The van der Waals surface area contributed by atoms with Gasteiger partial charge in [-0.25, -0.2) is 4.68 Å². The summed E-state index contributed by atoms with van der Waals surface area (Å²) >= 11 is 0. The molecule has 2 heterocycles. The molecule has 0 saturated carbocycles. The third-order valence-corrected chi connectivity index (χ3v) is 3.30. The quantitative estimate of drug-likeness (QED) is 0.823. The van der Waals surface area contributed by atoms with E-state index in [1.54, 1.807) is 47.2 Å². The Bertz CT molecular complexity index is 559. The van der Waals surface area contributed by atoms with Crippen molar-refractivity contribution < 1.29 is 9.53 Å². The second-order valence-electron chi connectivity index (χ2n) is 4.48. The van der Waals surface area contributed by atoms with E-state index in [0.29, 0.717) is 18.7 Å². The number of hydrogen-bond acceptors (Lipinski definition) is 4. The van der Waals surface area contributed by atoms with Crippen molar-refractivity contribution in [3.63, 3.8) is 0 Å². The first kappa shape index (κ1) is 11.7. The molecule has 19 heavy (non-hydrogen) atoms. The number of rotatable bonds is 3. The molecule has 98 valence electrons. The zero-order chi connectivity index (χ0) is 13.2. The maximum Gasteiger partial charge on any atom is 0.254 e. The van der Waals surface area contributed by atoms with Crippen molar-refractivity contribution in [3.05, 3.63) is 42.2 Å². The third-order valence-electron chi connectivity index (χ3n) is 3.30. The Morgan fingerprint density at radius 3 is 2.63 bits per heavy atom. The van der Waals surface area contributed by atoms with E-state index in [2.05, 4.69) is 10.3 Å². The topological polar surface area (TPSA) is 60.2 Å². The second kappa shape index (κ2) is 4.72. The Morgan fingerprint density at radius 2 is 2.05 bits per heavy atom. The summed E-state index contributed by atoms with van der Waals surface area (Å²) in [5, 5.41) is 7.71. The van der Waals surface area contributed by atoms with E-state index < -0.39 is 0 Å². The number of benzene rings is 1. The van der Waals surface area contributed by atoms with Crippen LogP contribution in [0.25, 0.3) is 0 Å². The molecule has 1 amide bonds. The van der Waals surface area contributed by atoms with Gasteiger partial charge in [0.1, 0.15) is 5.75 Å². The van der Waals surface area contributed by atoms with E-state index in [4.69, 9.17) is 4.74 Å². The van der Waals surface area contributed by atoms with E-state index in [0.717, 1.165) is 5.75 Å². The van der Waals surface area contributed by atoms with Gasteiger partial charge in [-0.1, -0.05) is 5.21 Å². The van der Waals surface area contributed by atoms with Gasteiger partial charge in [-0.05, 0) is 24.3 Å². The number of methoxy groups -OCH3 is 1. The van der Waals surface area contributed by atoms with Crippen molar-refractivity contribution in [2.45, 2.75) is 6.04 Å². The van der Waals surface area contributed by atoms with Crippen molar-refractivity contribution in [2.24, 2.45) is 0 Å². The molecule has 0 aliphatic carbocycles. The molecule has 2 aromatic rings. The van der Waals surface area contributed by atoms with Crippen LogP contribution in [0.4, 0.5) is 0 Å². The zero-order valence-corrected chi connectivity index (χ0v) is 10.6. The molecule has 1 fully saturated rings. The van der Waals surface area contributed by atoms with E-state index in [-0.39, 0.29) is 11.9 Å². The van der Waals surface area contributed by atoms with Gasteiger partial charge < -0.3 is 9.64 Å². The molecule has 1 aromatic carbocycles. The molecule has 1 aromatic heterocycles. The van der Waals surface area contributed by atoms with Gasteiger partial charge in [0.15, 0.2) is 0 Å². The molecule has 0 N–H and O–H groups in total. The van der Waals surface area contributed by atoms with Crippen molar-refractivity contribution in [1.29, 1.82) is 0 Å². The first-order valence-electron chi connectivity index (χ1n) is 6.07. The summed E-state index contributed by atoms with van der Waals surface area (Å²) in [6.45, 7) is 1.35. The number of nitrogens with zero attached hydrogens (tertiary/aromatic N) is 4. The number of amides is 1. The number of carbonyl (C=O) groups is 1. The highest BCUT2D eigenvalue weighted by atomic mass is 16.5. The summed E-state index contributed by atoms with van der Waals surface area (Å²) in [6, 6.07) is 7.39. The summed E-state index contributed by atoms with van der Waals surface area (Å²) in [5.74, 6) is 0.791. The van der Waals surface area contributed by atoms with Gasteiger partial charge in [-0.3, -0.25) is 4.79 Å². The highest BCUT2D eigenvalue weighted by molar-refractivity contribution is 5.94. The van der Waals surface area contributed by atoms with E-state index >= 15 is 0 Å². The standard InChI is InChI=1S/C13H14N4O2/c1-19-12-4-2-10(3-5-12)13(18)16-8-11(9-16)17-7-6-14-15-17/h2-7,11H,8-9H2,1H3. The van der Waals surface area contributed by atoms with Crippen LogP contribution < -0.4 is 4.74 Å². The van der Waals surface area contributed by atoms with Gasteiger partial charge in [0, 0.05) is 24.8 Å². The molecule has 0 spiro atoms. The zero-order valence-electron chi connectivity index (χ0n) is 10.6. The van der Waals surface area contributed by atoms with Crippen molar-refractivity contribution in [3.8, 4) is 5.75 Å². The molecule has 1 aliphatic heterocycles. The van der Waals surface area contributed by atoms with E-state index in [1.807, 2.05) is 6.20 Å². The lowest BCUT2D eigenvalue weighted by Gasteiger charge is -2.38. The van der Waals surface area contributed by atoms with Crippen LogP contribution >= 0.6 is 0 Å². The lowest BCUT2D eigenvalue weighted by atomic mass is 10.1. The Balaban J connectivity index is 1.63. The van der Waals surface area contributed by atoms with Crippen LogP contribution in [-0.2, 0) is 0 Å². The van der Waals surface area contributed by atoms with Crippen LogP contribution in [0.15, 0.2) is 36.7 Å². The van der Waals surface area contributed by atoms with Crippen molar-refractivity contribution in [2.75, 3.05) is 20.2 Å². The molecule has 0 radical (unpaired) electrons. The monoisotopic (exact) mass is 258 g/mol. The fourth-order valence-corrected chi connectivity index (χ4v) is 2.12. The average molecular weight is 258 g/mol. The molecular formula is C13H14N4O2. The largest absolute Gasteiger partial charge is 0.497 e. The summed E-state index contributed by atoms with van der Waals surface area (Å²) in [5.41, 5.74) is 0.679. The fraction of sp³-hybridized carbons (Fsp3) is 0.308. The summed E-state index contributed by atoms with van der Waals surface area (Å²) < 4.78 is 6.86. The molecule has 0 atom stereocenters. The first-order chi connectivity index (χ1) is 9.28. The molecule has 1 saturated heterocycles. The minimum Gasteiger partial charge on any atom is -0.497 e. The van der Waals surface area contributed by atoms with E-state index in [9.17, 15) is 4.79 Å². The predicted molar refractivity (Wildman–Crippen MR) is 68.0 cm³/mol. The fourth-order valence-electron chi connectivity index (χ4n) is 2.12. The van der Waals surface area contributed by atoms with Crippen LogP contribution in [0.2, 0.25) is 0 Å². The lowest BCUT2D eigenvalue weighted by Crippen LogP contribution is -2.50. The highest BCUT2D eigenvalue weighted by Crippen LogP contribution is 2.22. The van der Waals surface area contributed by atoms with Crippen LogP contribution in [0, 0.1) is 0 Å². The number of aromatic nitrogens is 3. The molecule has 0 unspecified atom stereocenters. The number of hydrogen-bond donors (Lipinski definition) is 0. The molecule has 6 nitrogen and oxygen atoms in total. The molecular weight excluding hydrogens is 244 g/mol. The Labute approximate surface area is 110 Å². The first-order valence-corrected chi connectivity index (χ1v) is 6.07. The highest BCUT2D eigenvalue weighted by Gasteiger charge is 2.32. The van der Waals surface area contributed by atoms with Gasteiger partial charge in [-0.2, -0.15) is 0 Å². The molecule has 1 aliphatic rings. The smallest absolute Gasteiger partial charge is 0.254 e. The van der Waals surface area contributed by atoms with Gasteiger partial charge in [-0.15, -0.1) is 5.10 Å².